The molecule has 20 heavy (non-hydrogen) atoms. The van der Waals surface area contributed by atoms with Gasteiger partial charge in [0.25, 0.3) is 0 Å². The van der Waals surface area contributed by atoms with Gasteiger partial charge in [-0.3, -0.25) is 0 Å². The van der Waals surface area contributed by atoms with Gasteiger partial charge in [-0.25, -0.2) is 0 Å². The Balaban J connectivity index is 1.51. The van der Waals surface area contributed by atoms with Gasteiger partial charge in [-0.1, -0.05) is 12.0 Å². The molecule has 2 aromatic heterocycles. The Kier molecular flexibility index (Phi) is 2.62. The first-order chi connectivity index (χ1) is 9.70. The Bertz CT molecular complexity index is 614. The van der Waals surface area contributed by atoms with Gasteiger partial charge in [-0.15, -0.1) is 5.10 Å². The first-order valence-corrected chi connectivity index (χ1v) is 7.36. The molecule has 0 spiro atoms. The van der Waals surface area contributed by atoms with Gasteiger partial charge in [0.15, 0.2) is 0 Å². The van der Waals surface area contributed by atoms with Crippen LogP contribution >= 0.6 is 0 Å². The average Bonchev–Trinajstić information content (AvgIpc) is 3.30. The summed E-state index contributed by atoms with van der Waals surface area (Å²) < 4.78 is 11.5. The molecular weight excluding hydrogens is 254 g/mol. The second-order valence-corrected chi connectivity index (χ2v) is 6.09. The molecule has 0 amide bonds. The van der Waals surface area contributed by atoms with Gasteiger partial charge in [0, 0.05) is 18.9 Å². The molecule has 0 aromatic carbocycles. The van der Waals surface area contributed by atoms with Crippen molar-refractivity contribution in [3.8, 4) is 0 Å². The molecule has 5 heteroatoms. The first-order valence-electron chi connectivity index (χ1n) is 7.36. The summed E-state index contributed by atoms with van der Waals surface area (Å²) in [6.45, 7) is 4.80. The Morgan fingerprint density at radius 3 is 2.65 bits per heavy atom. The molecule has 2 aromatic rings. The molecule has 0 saturated heterocycles. The van der Waals surface area contributed by atoms with Crippen LogP contribution in [0.25, 0.3) is 0 Å². The van der Waals surface area contributed by atoms with Crippen LogP contribution in [-0.2, 0) is 6.54 Å². The van der Waals surface area contributed by atoms with E-state index in [1.165, 1.54) is 19.3 Å². The van der Waals surface area contributed by atoms with Crippen molar-refractivity contribution >= 4 is 6.01 Å². The van der Waals surface area contributed by atoms with Crippen molar-refractivity contribution < 1.29 is 8.83 Å². The molecule has 2 aliphatic carbocycles. The van der Waals surface area contributed by atoms with E-state index < -0.39 is 0 Å². The Labute approximate surface area is 118 Å². The van der Waals surface area contributed by atoms with Crippen LogP contribution < -0.4 is 4.90 Å². The monoisotopic (exact) mass is 273 g/mol. The standard InChI is InChI=1S/C15H19N3O2/c1-9-7-13(9)14-6-5-12(20-14)8-18(11-3-4-11)15-17-16-10(2)19-15/h5-6,9,11,13H,3-4,7-8H2,1-2H3/t9-,13-/m1/s1. The number of aromatic nitrogens is 2. The van der Waals surface area contributed by atoms with Crippen LogP contribution in [0, 0.1) is 12.8 Å². The molecule has 5 nitrogen and oxygen atoms in total. The van der Waals surface area contributed by atoms with Crippen molar-refractivity contribution in [3.63, 3.8) is 0 Å². The highest BCUT2D eigenvalue weighted by Crippen LogP contribution is 2.47. The molecule has 0 aliphatic heterocycles. The number of hydrogen-bond acceptors (Lipinski definition) is 5. The minimum absolute atomic E-state index is 0.517. The van der Waals surface area contributed by atoms with E-state index in [9.17, 15) is 0 Å². The van der Waals surface area contributed by atoms with Gasteiger partial charge in [0.2, 0.25) is 5.89 Å². The highest BCUT2D eigenvalue weighted by atomic mass is 16.4. The predicted octanol–water partition coefficient (Wildman–Crippen LogP) is 3.26. The van der Waals surface area contributed by atoms with Crippen LogP contribution in [0.1, 0.15) is 49.5 Å². The summed E-state index contributed by atoms with van der Waals surface area (Å²) in [6.07, 6.45) is 3.63. The van der Waals surface area contributed by atoms with E-state index in [1.54, 1.807) is 0 Å². The maximum Gasteiger partial charge on any atom is 0.318 e. The maximum absolute atomic E-state index is 5.98. The largest absolute Gasteiger partial charge is 0.464 e. The third kappa shape index (κ3) is 2.21. The van der Waals surface area contributed by atoms with E-state index in [-0.39, 0.29) is 0 Å². The second kappa shape index (κ2) is 4.36. The number of rotatable bonds is 5. The third-order valence-electron chi connectivity index (χ3n) is 4.23. The zero-order valence-corrected chi connectivity index (χ0v) is 11.9. The lowest BCUT2D eigenvalue weighted by atomic mass is 10.3. The SMILES string of the molecule is Cc1nnc(N(Cc2ccc([C@@H]3C[C@H]3C)o2)C2CC2)o1. The highest BCUT2D eigenvalue weighted by Gasteiger charge is 2.37. The Morgan fingerprint density at radius 1 is 1.25 bits per heavy atom. The summed E-state index contributed by atoms with van der Waals surface area (Å²) >= 11 is 0. The van der Waals surface area contributed by atoms with Crippen molar-refractivity contribution in [2.24, 2.45) is 5.92 Å². The molecule has 2 heterocycles. The van der Waals surface area contributed by atoms with E-state index in [0.717, 1.165) is 17.4 Å². The summed E-state index contributed by atoms with van der Waals surface area (Å²) in [5.41, 5.74) is 0. The smallest absolute Gasteiger partial charge is 0.318 e. The summed E-state index contributed by atoms with van der Waals surface area (Å²) in [5.74, 6) is 4.13. The second-order valence-electron chi connectivity index (χ2n) is 6.09. The zero-order chi connectivity index (χ0) is 13.7. The number of anilines is 1. The molecule has 0 radical (unpaired) electrons. The molecule has 106 valence electrons. The molecule has 2 aliphatic rings. The third-order valence-corrected chi connectivity index (χ3v) is 4.23. The predicted molar refractivity (Wildman–Crippen MR) is 73.5 cm³/mol. The van der Waals surface area contributed by atoms with Crippen LogP contribution in [0.4, 0.5) is 6.01 Å². The van der Waals surface area contributed by atoms with Crippen molar-refractivity contribution in [1.82, 2.24) is 10.2 Å². The fourth-order valence-electron chi connectivity index (χ4n) is 2.71. The summed E-state index contributed by atoms with van der Waals surface area (Å²) in [5, 5.41) is 8.06. The van der Waals surface area contributed by atoms with Crippen molar-refractivity contribution in [3.05, 3.63) is 29.5 Å². The van der Waals surface area contributed by atoms with Crippen molar-refractivity contribution in [1.29, 1.82) is 0 Å². The number of hydrogen-bond donors (Lipinski definition) is 0. The Morgan fingerprint density at radius 2 is 2.05 bits per heavy atom. The van der Waals surface area contributed by atoms with Crippen molar-refractivity contribution in [2.75, 3.05) is 4.90 Å². The molecular formula is C15H19N3O2. The Hall–Kier alpha value is -1.78. The van der Waals surface area contributed by atoms with Gasteiger partial charge in [0.1, 0.15) is 11.5 Å². The first kappa shape index (κ1) is 12.0. The summed E-state index contributed by atoms with van der Waals surface area (Å²) in [7, 11) is 0. The van der Waals surface area contributed by atoms with Gasteiger partial charge in [-0.2, -0.15) is 0 Å². The molecule has 2 saturated carbocycles. The quantitative estimate of drug-likeness (QED) is 0.837. The highest BCUT2D eigenvalue weighted by molar-refractivity contribution is 5.31. The maximum atomic E-state index is 5.98. The van der Waals surface area contributed by atoms with Crippen LogP contribution in [-0.4, -0.2) is 16.2 Å². The van der Waals surface area contributed by atoms with Crippen LogP contribution in [0.15, 0.2) is 21.0 Å². The topological polar surface area (TPSA) is 55.3 Å². The fourth-order valence-corrected chi connectivity index (χ4v) is 2.71. The number of nitrogens with zero attached hydrogens (tertiary/aromatic N) is 3. The van der Waals surface area contributed by atoms with E-state index in [4.69, 9.17) is 8.83 Å². The van der Waals surface area contributed by atoms with Gasteiger partial charge < -0.3 is 13.7 Å². The summed E-state index contributed by atoms with van der Waals surface area (Å²) in [6, 6.07) is 5.33. The molecule has 2 atom stereocenters. The number of aryl methyl sites for hydroxylation is 1. The van der Waals surface area contributed by atoms with Crippen LogP contribution in [0.5, 0.6) is 0 Å². The molecule has 0 unspecified atom stereocenters. The van der Waals surface area contributed by atoms with Crippen LogP contribution in [0.2, 0.25) is 0 Å². The van der Waals surface area contributed by atoms with E-state index in [2.05, 4.69) is 34.2 Å². The molecule has 0 N–H and O–H groups in total. The molecule has 0 bridgehead atoms. The fraction of sp³-hybridized carbons (Fsp3) is 0.600. The minimum Gasteiger partial charge on any atom is -0.464 e. The lowest BCUT2D eigenvalue weighted by molar-refractivity contribution is 0.441. The van der Waals surface area contributed by atoms with Gasteiger partial charge >= 0.3 is 6.01 Å². The molecule has 2 fully saturated rings. The summed E-state index contributed by atoms with van der Waals surface area (Å²) in [4.78, 5) is 2.17. The van der Waals surface area contributed by atoms with E-state index in [0.29, 0.717) is 30.4 Å². The minimum atomic E-state index is 0.517. The zero-order valence-electron chi connectivity index (χ0n) is 11.9. The van der Waals surface area contributed by atoms with Crippen molar-refractivity contribution in [2.45, 2.75) is 51.6 Å². The normalized spacial score (nSPS) is 24.9. The number of furan rings is 1. The average molecular weight is 273 g/mol. The lowest BCUT2D eigenvalue weighted by Gasteiger charge is -2.17. The van der Waals surface area contributed by atoms with E-state index in [1.807, 2.05) is 6.92 Å². The lowest BCUT2D eigenvalue weighted by Crippen LogP contribution is -2.25. The van der Waals surface area contributed by atoms with Gasteiger partial charge in [-0.05, 0) is 37.3 Å². The van der Waals surface area contributed by atoms with Gasteiger partial charge in [0.05, 0.1) is 6.54 Å². The van der Waals surface area contributed by atoms with Crippen LogP contribution in [0.3, 0.4) is 0 Å². The van der Waals surface area contributed by atoms with E-state index >= 15 is 0 Å². The molecule has 4 rings (SSSR count).